The largest absolute Gasteiger partial charge is 0.291 e. The lowest BCUT2D eigenvalue weighted by Gasteiger charge is -2.24. The molecule has 1 aliphatic rings. The first kappa shape index (κ1) is 17.1. The van der Waals surface area contributed by atoms with Crippen LogP contribution in [0.2, 0.25) is 0 Å². The number of aromatic nitrogens is 3. The smallest absolute Gasteiger partial charge is 0.123 e. The van der Waals surface area contributed by atoms with Crippen molar-refractivity contribution >= 4 is 10.9 Å². The second-order valence-corrected chi connectivity index (χ2v) is 7.36. The van der Waals surface area contributed by atoms with Gasteiger partial charge in [0, 0.05) is 23.7 Å². The fourth-order valence-corrected chi connectivity index (χ4v) is 4.21. The van der Waals surface area contributed by atoms with Crippen LogP contribution in [0.5, 0.6) is 0 Å². The summed E-state index contributed by atoms with van der Waals surface area (Å²) >= 11 is 0. The van der Waals surface area contributed by atoms with Gasteiger partial charge in [-0.05, 0) is 60.8 Å². The summed E-state index contributed by atoms with van der Waals surface area (Å²) in [7, 11) is 0. The van der Waals surface area contributed by atoms with E-state index in [4.69, 9.17) is 0 Å². The van der Waals surface area contributed by atoms with Gasteiger partial charge in [0.15, 0.2) is 0 Å². The van der Waals surface area contributed by atoms with Gasteiger partial charge in [-0.2, -0.15) is 5.10 Å². The van der Waals surface area contributed by atoms with Crippen molar-refractivity contribution in [3.8, 4) is 11.1 Å². The average molecular weight is 372 g/mol. The molecule has 3 heterocycles. The third kappa shape index (κ3) is 3.18. The Bertz CT molecular complexity index is 1100. The molecule has 1 N–H and O–H groups in total. The molecule has 0 amide bonds. The van der Waals surface area contributed by atoms with E-state index in [1.807, 2.05) is 30.6 Å². The number of hydrogen-bond acceptors (Lipinski definition) is 3. The van der Waals surface area contributed by atoms with E-state index in [0.717, 1.165) is 48.3 Å². The minimum atomic E-state index is -0.220. The van der Waals surface area contributed by atoms with E-state index in [2.05, 4.69) is 44.3 Å². The number of H-pyrrole nitrogens is 1. The Kier molecular flexibility index (Phi) is 4.37. The summed E-state index contributed by atoms with van der Waals surface area (Å²) in [4.78, 5) is 6.91. The van der Waals surface area contributed by atoms with Crippen molar-refractivity contribution in [1.29, 1.82) is 0 Å². The highest BCUT2D eigenvalue weighted by molar-refractivity contribution is 5.78. The molecule has 5 rings (SSSR count). The second-order valence-electron chi connectivity index (χ2n) is 7.36. The van der Waals surface area contributed by atoms with E-state index in [0.29, 0.717) is 0 Å². The first-order valence-corrected chi connectivity index (χ1v) is 9.65. The summed E-state index contributed by atoms with van der Waals surface area (Å²) in [6.07, 6.45) is 5.92. The average Bonchev–Trinajstić information content (AvgIpc) is 3.37. The van der Waals surface area contributed by atoms with E-state index < -0.39 is 0 Å². The van der Waals surface area contributed by atoms with Crippen molar-refractivity contribution in [3.05, 3.63) is 84.1 Å². The Labute approximate surface area is 163 Å². The quantitative estimate of drug-likeness (QED) is 0.542. The number of fused-ring (bicyclic) bond motifs is 1. The first-order chi connectivity index (χ1) is 13.8. The molecular weight excluding hydrogens is 351 g/mol. The molecule has 1 aliphatic heterocycles. The first-order valence-electron chi connectivity index (χ1n) is 9.65. The molecule has 0 radical (unpaired) electrons. The molecule has 140 valence electrons. The highest BCUT2D eigenvalue weighted by atomic mass is 19.1. The Morgan fingerprint density at radius 1 is 1.11 bits per heavy atom. The van der Waals surface area contributed by atoms with Gasteiger partial charge in [0.05, 0.1) is 23.4 Å². The van der Waals surface area contributed by atoms with Crippen LogP contribution in [-0.2, 0) is 6.54 Å². The van der Waals surface area contributed by atoms with Gasteiger partial charge in [-0.1, -0.05) is 24.3 Å². The Morgan fingerprint density at radius 2 is 2.00 bits per heavy atom. The molecule has 2 aromatic carbocycles. The number of rotatable bonds is 4. The van der Waals surface area contributed by atoms with Crippen LogP contribution in [0.1, 0.15) is 30.1 Å². The summed E-state index contributed by atoms with van der Waals surface area (Å²) < 4.78 is 13.3. The summed E-state index contributed by atoms with van der Waals surface area (Å²) in [5.74, 6) is -0.220. The Balaban J connectivity index is 1.43. The number of likely N-dealkylation sites (tertiary alicyclic amines) is 1. The molecule has 0 aliphatic carbocycles. The molecule has 0 spiro atoms. The molecule has 0 bridgehead atoms. The lowest BCUT2D eigenvalue weighted by molar-refractivity contribution is 0.245. The van der Waals surface area contributed by atoms with Crippen LogP contribution in [0.3, 0.4) is 0 Å². The molecule has 0 unspecified atom stereocenters. The lowest BCUT2D eigenvalue weighted by atomic mass is 10.0. The van der Waals surface area contributed by atoms with Gasteiger partial charge in [-0.15, -0.1) is 0 Å². The summed E-state index contributed by atoms with van der Waals surface area (Å²) in [6.45, 7) is 1.94. The van der Waals surface area contributed by atoms with Gasteiger partial charge in [0.2, 0.25) is 0 Å². The van der Waals surface area contributed by atoms with E-state index in [-0.39, 0.29) is 11.9 Å². The van der Waals surface area contributed by atoms with E-state index in [1.165, 1.54) is 23.1 Å². The normalized spacial score (nSPS) is 17.4. The number of hydrogen-bond donors (Lipinski definition) is 1. The van der Waals surface area contributed by atoms with Crippen molar-refractivity contribution in [3.63, 3.8) is 0 Å². The highest BCUT2D eigenvalue weighted by Gasteiger charge is 2.29. The van der Waals surface area contributed by atoms with Crippen molar-refractivity contribution in [2.24, 2.45) is 0 Å². The van der Waals surface area contributed by atoms with Crippen LogP contribution in [0.4, 0.5) is 4.39 Å². The molecule has 1 fully saturated rings. The zero-order chi connectivity index (χ0) is 18.9. The maximum absolute atomic E-state index is 13.3. The summed E-state index contributed by atoms with van der Waals surface area (Å²) in [5, 5.41) is 8.68. The molecular formula is C23H21FN4. The SMILES string of the molecule is Fc1ccc(-c2cn[nH]c2[C@@H]2CCCN2Cc2ccc3ncccc3c2)cc1. The minimum Gasteiger partial charge on any atom is -0.291 e. The van der Waals surface area contributed by atoms with Crippen LogP contribution >= 0.6 is 0 Å². The fraction of sp³-hybridized carbons (Fsp3) is 0.217. The van der Waals surface area contributed by atoms with Crippen LogP contribution in [0, 0.1) is 5.82 Å². The topological polar surface area (TPSA) is 44.8 Å². The lowest BCUT2D eigenvalue weighted by Crippen LogP contribution is -2.23. The summed E-state index contributed by atoms with van der Waals surface area (Å²) in [5.41, 5.74) is 5.48. The van der Waals surface area contributed by atoms with E-state index >= 15 is 0 Å². The standard InChI is InChI=1S/C23H21FN4/c24-19-8-6-17(7-9-19)20-14-26-27-23(20)22-4-2-12-28(22)15-16-5-10-21-18(13-16)3-1-11-25-21/h1,3,5-11,13-14,22H,2,4,12,15H2,(H,26,27)/t22-/m0/s1. The van der Waals surface area contributed by atoms with E-state index in [1.54, 1.807) is 0 Å². The molecule has 1 saturated heterocycles. The van der Waals surface area contributed by atoms with Gasteiger partial charge in [-0.3, -0.25) is 15.0 Å². The molecule has 28 heavy (non-hydrogen) atoms. The number of nitrogens with one attached hydrogen (secondary N) is 1. The number of aromatic amines is 1. The maximum atomic E-state index is 13.3. The van der Waals surface area contributed by atoms with Crippen molar-refractivity contribution in [2.45, 2.75) is 25.4 Å². The van der Waals surface area contributed by atoms with Crippen molar-refractivity contribution < 1.29 is 4.39 Å². The monoisotopic (exact) mass is 372 g/mol. The number of pyridine rings is 1. The van der Waals surface area contributed by atoms with E-state index in [9.17, 15) is 4.39 Å². The maximum Gasteiger partial charge on any atom is 0.123 e. The molecule has 0 saturated carbocycles. The Morgan fingerprint density at radius 3 is 2.89 bits per heavy atom. The number of halogens is 1. The summed E-state index contributed by atoms with van der Waals surface area (Å²) in [6, 6.07) is 17.5. The third-order valence-corrected chi connectivity index (χ3v) is 5.57. The third-order valence-electron chi connectivity index (χ3n) is 5.57. The molecule has 1 atom stereocenters. The highest BCUT2D eigenvalue weighted by Crippen LogP contribution is 2.37. The predicted molar refractivity (Wildman–Crippen MR) is 108 cm³/mol. The van der Waals surface area contributed by atoms with Gasteiger partial charge < -0.3 is 0 Å². The van der Waals surface area contributed by atoms with Gasteiger partial charge in [0.25, 0.3) is 0 Å². The van der Waals surface area contributed by atoms with Crippen LogP contribution < -0.4 is 0 Å². The minimum absolute atomic E-state index is 0.220. The van der Waals surface area contributed by atoms with Crippen molar-refractivity contribution in [1.82, 2.24) is 20.1 Å². The molecule has 2 aromatic heterocycles. The molecule has 5 heteroatoms. The van der Waals surface area contributed by atoms with Crippen LogP contribution in [-0.4, -0.2) is 26.6 Å². The van der Waals surface area contributed by atoms with Gasteiger partial charge in [0.1, 0.15) is 5.82 Å². The van der Waals surface area contributed by atoms with Crippen LogP contribution in [0.15, 0.2) is 67.0 Å². The fourth-order valence-electron chi connectivity index (χ4n) is 4.21. The van der Waals surface area contributed by atoms with Crippen LogP contribution in [0.25, 0.3) is 22.0 Å². The number of benzene rings is 2. The number of nitrogens with zero attached hydrogens (tertiary/aromatic N) is 3. The molecule has 4 nitrogen and oxygen atoms in total. The van der Waals surface area contributed by atoms with Crippen molar-refractivity contribution in [2.75, 3.05) is 6.54 Å². The Hall–Kier alpha value is -3.05. The van der Waals surface area contributed by atoms with Gasteiger partial charge >= 0.3 is 0 Å². The zero-order valence-corrected chi connectivity index (χ0v) is 15.5. The predicted octanol–water partition coefficient (Wildman–Crippen LogP) is 5.10. The molecule has 4 aromatic rings. The second kappa shape index (κ2) is 7.17. The van der Waals surface area contributed by atoms with Gasteiger partial charge in [-0.25, -0.2) is 4.39 Å². The zero-order valence-electron chi connectivity index (χ0n) is 15.5.